The lowest BCUT2D eigenvalue weighted by molar-refractivity contribution is -0.697. The first-order valence-electron chi connectivity index (χ1n) is 6.75. The summed E-state index contributed by atoms with van der Waals surface area (Å²) in [7, 11) is -3.92. The van der Waals surface area contributed by atoms with Crippen molar-refractivity contribution in [2.24, 2.45) is 0 Å². The molecule has 19 heavy (non-hydrogen) atoms. The minimum absolute atomic E-state index is 0.604. The summed E-state index contributed by atoms with van der Waals surface area (Å²) in [4.78, 5) is 0. The Morgan fingerprint density at radius 3 is 2.05 bits per heavy atom. The number of aromatic nitrogens is 1. The van der Waals surface area contributed by atoms with Gasteiger partial charge in [0.05, 0.1) is 10.1 Å². The Morgan fingerprint density at radius 2 is 1.63 bits per heavy atom. The first-order valence-corrected chi connectivity index (χ1v) is 8.57. The largest absolute Gasteiger partial charge is 0.748 e. The Morgan fingerprint density at radius 1 is 1.11 bits per heavy atom. The van der Waals surface area contributed by atoms with E-state index in [1.54, 1.807) is 0 Å². The minimum atomic E-state index is -3.92. The zero-order chi connectivity index (χ0) is 14.7. The fourth-order valence-electron chi connectivity index (χ4n) is 1.59. The Balaban J connectivity index is 0.000000555. The van der Waals surface area contributed by atoms with Crippen LogP contribution in [0.5, 0.6) is 0 Å². The van der Waals surface area contributed by atoms with Crippen LogP contribution < -0.4 is 4.57 Å². The van der Waals surface area contributed by atoms with E-state index < -0.39 is 10.1 Å². The smallest absolute Gasteiger partial charge is 0.169 e. The van der Waals surface area contributed by atoms with E-state index in [1.165, 1.54) is 37.8 Å². The number of rotatable bonds is 6. The van der Waals surface area contributed by atoms with E-state index in [0.717, 1.165) is 6.42 Å². The predicted molar refractivity (Wildman–Crippen MR) is 75.8 cm³/mol. The molecule has 0 aromatic carbocycles. The van der Waals surface area contributed by atoms with Gasteiger partial charge in [0.1, 0.15) is 6.54 Å². The Bertz CT molecular complexity index is 419. The number of nitrogens with zero attached hydrogens (tertiary/aromatic N) is 1. The van der Waals surface area contributed by atoms with Gasteiger partial charge in [-0.1, -0.05) is 26.7 Å². The highest BCUT2D eigenvalue weighted by atomic mass is 32.2. The van der Waals surface area contributed by atoms with E-state index >= 15 is 0 Å². The van der Waals surface area contributed by atoms with Crippen molar-refractivity contribution in [3.63, 3.8) is 0 Å². The molecule has 0 N–H and O–H groups in total. The topological polar surface area (TPSA) is 61.1 Å². The fourth-order valence-corrected chi connectivity index (χ4v) is 1.59. The zero-order valence-electron chi connectivity index (χ0n) is 12.1. The number of aryl methyl sites for hydroxylation is 2. The van der Waals surface area contributed by atoms with E-state index in [9.17, 15) is 0 Å². The summed E-state index contributed by atoms with van der Waals surface area (Å²) >= 11 is 0. The Labute approximate surface area is 117 Å². The number of hydrogen-bond acceptors (Lipinski definition) is 3. The van der Waals surface area contributed by atoms with Crippen molar-refractivity contribution in [1.29, 1.82) is 0 Å². The second kappa shape index (κ2) is 9.92. The molecule has 0 saturated carbocycles. The van der Waals surface area contributed by atoms with Crippen molar-refractivity contribution in [3.8, 4) is 0 Å². The van der Waals surface area contributed by atoms with Crippen LogP contribution in [-0.2, 0) is 23.1 Å². The molecule has 0 amide bonds. The van der Waals surface area contributed by atoms with Gasteiger partial charge in [-0.3, -0.25) is 0 Å². The Kier molecular flexibility index (Phi) is 9.43. The summed E-state index contributed by atoms with van der Waals surface area (Å²) in [6.07, 6.45) is 11.5. The molecule has 0 aliphatic rings. The van der Waals surface area contributed by atoms with E-state index in [0.29, 0.717) is 6.26 Å². The van der Waals surface area contributed by atoms with Crippen LogP contribution >= 0.6 is 0 Å². The highest BCUT2D eigenvalue weighted by molar-refractivity contribution is 7.84. The van der Waals surface area contributed by atoms with E-state index in [2.05, 4.69) is 42.9 Å². The van der Waals surface area contributed by atoms with Crippen LogP contribution in [0.4, 0.5) is 0 Å². The SMILES string of the molecule is CCCCCC[n+]1ccc(CC)cc1.CS(=O)(=O)[O-]. The summed E-state index contributed by atoms with van der Waals surface area (Å²) in [5, 5.41) is 0. The first kappa shape index (κ1) is 18.1. The maximum absolute atomic E-state index is 9.08. The van der Waals surface area contributed by atoms with Gasteiger partial charge in [-0.25, -0.2) is 13.0 Å². The molecule has 1 aromatic heterocycles. The zero-order valence-corrected chi connectivity index (χ0v) is 12.9. The number of pyridine rings is 1. The van der Waals surface area contributed by atoms with Crippen LogP contribution in [0, 0.1) is 0 Å². The van der Waals surface area contributed by atoms with Crippen molar-refractivity contribution in [2.75, 3.05) is 6.26 Å². The molecule has 1 rings (SSSR count). The van der Waals surface area contributed by atoms with Gasteiger partial charge in [-0.2, -0.15) is 0 Å². The normalized spacial score (nSPS) is 10.7. The molecule has 0 aliphatic carbocycles. The maximum atomic E-state index is 9.08. The first-order chi connectivity index (χ1) is 8.86. The second-order valence-electron chi connectivity index (χ2n) is 4.56. The molecule has 0 spiro atoms. The van der Waals surface area contributed by atoms with Crippen LogP contribution in [0.3, 0.4) is 0 Å². The lowest BCUT2D eigenvalue weighted by atomic mass is 10.2. The van der Waals surface area contributed by atoms with Crippen molar-refractivity contribution in [2.45, 2.75) is 52.5 Å². The average molecular weight is 287 g/mol. The molecule has 110 valence electrons. The van der Waals surface area contributed by atoms with Gasteiger partial charge < -0.3 is 4.55 Å². The highest BCUT2D eigenvalue weighted by Gasteiger charge is 1.99. The highest BCUT2D eigenvalue weighted by Crippen LogP contribution is 1.99. The summed E-state index contributed by atoms with van der Waals surface area (Å²) in [6, 6.07) is 4.44. The monoisotopic (exact) mass is 287 g/mol. The van der Waals surface area contributed by atoms with Gasteiger partial charge in [0.2, 0.25) is 0 Å². The molecule has 5 heteroatoms. The standard InChI is InChI=1S/C13H22N.CH4O3S/c1-3-5-6-7-10-14-11-8-13(4-2)9-12-14;1-5(2,3)4/h8-9,11-12H,3-7,10H2,1-2H3;1H3,(H,2,3,4)/q+1;/p-1. The van der Waals surface area contributed by atoms with Gasteiger partial charge in [-0.15, -0.1) is 0 Å². The van der Waals surface area contributed by atoms with Crippen LogP contribution in [0.1, 0.15) is 45.1 Å². The lowest BCUT2D eigenvalue weighted by Gasteiger charge is -1.98. The summed E-state index contributed by atoms with van der Waals surface area (Å²) in [5.41, 5.74) is 1.43. The van der Waals surface area contributed by atoms with Gasteiger partial charge in [0.25, 0.3) is 0 Å². The third-order valence-electron chi connectivity index (χ3n) is 2.64. The Hall–Kier alpha value is -0.940. The third-order valence-corrected chi connectivity index (χ3v) is 2.64. The van der Waals surface area contributed by atoms with Crippen LogP contribution in [0.2, 0.25) is 0 Å². The second-order valence-corrected chi connectivity index (χ2v) is 5.97. The molecule has 0 atom stereocenters. The molecule has 1 aromatic rings. The molecule has 4 nitrogen and oxygen atoms in total. The van der Waals surface area contributed by atoms with E-state index in [-0.39, 0.29) is 0 Å². The molecule has 0 fully saturated rings. The molecule has 0 unspecified atom stereocenters. The van der Waals surface area contributed by atoms with Crippen molar-refractivity contribution in [1.82, 2.24) is 0 Å². The maximum Gasteiger partial charge on any atom is 0.169 e. The van der Waals surface area contributed by atoms with Crippen molar-refractivity contribution >= 4 is 10.1 Å². The summed E-state index contributed by atoms with van der Waals surface area (Å²) in [6.45, 7) is 5.62. The van der Waals surface area contributed by atoms with Crippen LogP contribution in [-0.4, -0.2) is 19.2 Å². The summed E-state index contributed by atoms with van der Waals surface area (Å²) < 4.78 is 29.5. The average Bonchev–Trinajstić information content (AvgIpc) is 2.33. The molecule has 0 aliphatic heterocycles. The van der Waals surface area contributed by atoms with Crippen molar-refractivity contribution < 1.29 is 17.5 Å². The molecular formula is C14H25NO3S. The van der Waals surface area contributed by atoms with Crippen LogP contribution in [0.25, 0.3) is 0 Å². The molecule has 0 saturated heterocycles. The number of unbranched alkanes of at least 4 members (excludes halogenated alkanes) is 3. The van der Waals surface area contributed by atoms with Crippen molar-refractivity contribution in [3.05, 3.63) is 30.1 Å². The van der Waals surface area contributed by atoms with E-state index in [1.807, 2.05) is 0 Å². The lowest BCUT2D eigenvalue weighted by Crippen LogP contribution is -2.32. The van der Waals surface area contributed by atoms with Gasteiger partial charge in [0.15, 0.2) is 12.4 Å². The molecule has 1 heterocycles. The minimum Gasteiger partial charge on any atom is -0.748 e. The van der Waals surface area contributed by atoms with E-state index in [4.69, 9.17) is 13.0 Å². The molecule has 0 radical (unpaired) electrons. The molecule has 0 bridgehead atoms. The van der Waals surface area contributed by atoms with Crippen LogP contribution in [0.15, 0.2) is 24.5 Å². The quantitative estimate of drug-likeness (QED) is 0.458. The van der Waals surface area contributed by atoms with Gasteiger partial charge in [0, 0.05) is 24.8 Å². The fraction of sp³-hybridized carbons (Fsp3) is 0.643. The van der Waals surface area contributed by atoms with Gasteiger partial charge in [-0.05, 0) is 18.4 Å². The molecular weight excluding hydrogens is 262 g/mol. The predicted octanol–water partition coefficient (Wildman–Crippen LogP) is 2.28. The van der Waals surface area contributed by atoms with Gasteiger partial charge >= 0.3 is 0 Å². The summed E-state index contributed by atoms with van der Waals surface area (Å²) in [5.74, 6) is 0. The number of hydrogen-bond donors (Lipinski definition) is 0. The third kappa shape index (κ3) is 13.3.